The number of amides is 2. The second kappa shape index (κ2) is 11.7. The Kier molecular flexibility index (Phi) is 7.50. The van der Waals surface area contributed by atoms with Crippen LogP contribution in [0.1, 0.15) is 40.6 Å². The minimum absolute atomic E-state index is 0.0302. The molecule has 9 nitrogen and oxygen atoms in total. The van der Waals surface area contributed by atoms with Crippen molar-refractivity contribution in [2.45, 2.75) is 25.5 Å². The summed E-state index contributed by atoms with van der Waals surface area (Å²) in [6.45, 7) is 0.774. The van der Waals surface area contributed by atoms with E-state index in [4.69, 9.17) is 14.5 Å². The number of likely N-dealkylation sites (tertiary alicyclic amines) is 1. The largest absolute Gasteiger partial charge is 0.494 e. The molecule has 0 saturated carbocycles. The number of hydrogen-bond acceptors (Lipinski definition) is 6. The molecule has 1 atom stereocenters. The number of ether oxygens (including phenoxy) is 2. The second-order valence-electron chi connectivity index (χ2n) is 9.90. The Morgan fingerprint density at radius 3 is 2.64 bits per heavy atom. The maximum Gasteiger partial charge on any atom is 0.410 e. The van der Waals surface area contributed by atoms with E-state index in [1.54, 1.807) is 47.6 Å². The summed E-state index contributed by atoms with van der Waals surface area (Å²) in [6.07, 6.45) is 6.44. The van der Waals surface area contributed by atoms with Crippen LogP contribution in [0, 0.1) is 5.82 Å². The average molecular weight is 566 g/mol. The summed E-state index contributed by atoms with van der Waals surface area (Å²) in [6, 6.07) is 20.8. The Balaban J connectivity index is 1.24. The number of carbonyl (C=O) groups excluding carboxylic acids is 2. The molecular formula is C32H28FN5O4. The van der Waals surface area contributed by atoms with Crippen LogP contribution in [0.2, 0.25) is 0 Å². The van der Waals surface area contributed by atoms with Crippen molar-refractivity contribution in [2.24, 2.45) is 0 Å². The molecule has 1 fully saturated rings. The van der Waals surface area contributed by atoms with Crippen molar-refractivity contribution in [1.29, 1.82) is 0 Å². The fourth-order valence-electron chi connectivity index (χ4n) is 5.20. The molecule has 5 aromatic rings. The predicted molar refractivity (Wildman–Crippen MR) is 155 cm³/mol. The summed E-state index contributed by atoms with van der Waals surface area (Å²) < 4.78 is 27.1. The molecule has 0 unspecified atom stereocenters. The van der Waals surface area contributed by atoms with Crippen LogP contribution in [0.25, 0.3) is 16.8 Å². The van der Waals surface area contributed by atoms with Gasteiger partial charge in [-0.2, -0.15) is 0 Å². The lowest BCUT2D eigenvalue weighted by molar-refractivity contribution is 0.0907. The van der Waals surface area contributed by atoms with Gasteiger partial charge in [0.15, 0.2) is 11.6 Å². The zero-order chi connectivity index (χ0) is 29.1. The number of imidazole rings is 1. The van der Waals surface area contributed by atoms with Gasteiger partial charge in [0.05, 0.1) is 36.2 Å². The van der Waals surface area contributed by atoms with E-state index in [2.05, 4.69) is 10.3 Å². The number of anilines is 1. The maximum atomic E-state index is 14.5. The van der Waals surface area contributed by atoms with E-state index in [1.807, 2.05) is 40.9 Å². The highest BCUT2D eigenvalue weighted by Gasteiger charge is 2.34. The first-order chi connectivity index (χ1) is 20.5. The van der Waals surface area contributed by atoms with Crippen molar-refractivity contribution in [3.8, 4) is 17.0 Å². The topological polar surface area (TPSA) is 98.1 Å². The average Bonchev–Trinajstić information content (AvgIpc) is 3.67. The molecule has 10 heteroatoms. The van der Waals surface area contributed by atoms with Crippen molar-refractivity contribution in [3.05, 3.63) is 114 Å². The van der Waals surface area contributed by atoms with Crippen molar-refractivity contribution in [1.82, 2.24) is 19.3 Å². The molecule has 2 aromatic heterocycles. The molecule has 0 radical (unpaired) electrons. The molecule has 1 aliphatic heterocycles. The number of aromatic nitrogens is 3. The minimum Gasteiger partial charge on any atom is -0.494 e. The lowest BCUT2D eigenvalue weighted by Crippen LogP contribution is -2.32. The number of fused-ring (bicyclic) bond motifs is 1. The normalized spacial score (nSPS) is 14.6. The molecule has 3 aromatic carbocycles. The number of nitrogens with one attached hydrogen (secondary N) is 1. The first-order valence-corrected chi connectivity index (χ1v) is 13.6. The number of carbonyl (C=O) groups is 2. The molecular weight excluding hydrogens is 537 g/mol. The molecule has 0 spiro atoms. The van der Waals surface area contributed by atoms with Crippen molar-refractivity contribution in [3.63, 3.8) is 0 Å². The molecule has 1 aliphatic rings. The van der Waals surface area contributed by atoms with Crippen LogP contribution in [-0.2, 0) is 11.3 Å². The van der Waals surface area contributed by atoms with Gasteiger partial charge in [-0.05, 0) is 42.7 Å². The lowest BCUT2D eigenvalue weighted by atomic mass is 10.1. The smallest absolute Gasteiger partial charge is 0.410 e. The molecule has 1 N–H and O–H groups in total. The zero-order valence-electron chi connectivity index (χ0n) is 22.9. The Labute approximate surface area is 241 Å². The Hall–Kier alpha value is -5.25. The van der Waals surface area contributed by atoms with E-state index in [9.17, 15) is 14.0 Å². The van der Waals surface area contributed by atoms with E-state index in [-0.39, 0.29) is 30.2 Å². The number of rotatable bonds is 7. The van der Waals surface area contributed by atoms with Gasteiger partial charge in [0, 0.05) is 30.1 Å². The monoisotopic (exact) mass is 565 g/mol. The van der Waals surface area contributed by atoms with Gasteiger partial charge < -0.3 is 14.8 Å². The molecule has 1 saturated heterocycles. The van der Waals surface area contributed by atoms with E-state index in [0.29, 0.717) is 23.6 Å². The highest BCUT2D eigenvalue weighted by Crippen LogP contribution is 2.35. The number of benzene rings is 3. The Morgan fingerprint density at radius 1 is 1.05 bits per heavy atom. The van der Waals surface area contributed by atoms with Crippen LogP contribution in [0.15, 0.2) is 91.4 Å². The number of nitrogens with zero attached hydrogens (tertiary/aromatic N) is 4. The lowest BCUT2D eigenvalue weighted by Gasteiger charge is -2.23. The molecule has 0 aliphatic carbocycles. The molecule has 3 heterocycles. The van der Waals surface area contributed by atoms with Gasteiger partial charge in [-0.25, -0.2) is 14.2 Å². The van der Waals surface area contributed by atoms with Gasteiger partial charge >= 0.3 is 6.09 Å². The van der Waals surface area contributed by atoms with Crippen LogP contribution in [-0.4, -0.2) is 44.9 Å². The SMILES string of the molecule is COc1cccc(NC(=O)c2ccc(-c3nc([C@@H]4CCCN4C(=O)OCc4ccccc4)n4ccncc34)cc2)c1F. The fraction of sp³-hybridized carbons (Fsp3) is 0.188. The standard InChI is InChI=1S/C32H28FN5O4/c1-41-27-11-5-9-24(28(27)33)35-31(39)23-14-12-22(13-15-23)29-26-19-34-16-18-37(26)30(36-29)25-10-6-17-38(25)32(40)42-20-21-7-3-2-4-8-21/h2-5,7-9,11-16,18-19,25H,6,10,17,20H2,1H3,(H,35,39)/t25-/m0/s1. The second-order valence-corrected chi connectivity index (χ2v) is 9.90. The van der Waals surface area contributed by atoms with Gasteiger partial charge in [-0.3, -0.25) is 19.1 Å². The predicted octanol–water partition coefficient (Wildman–Crippen LogP) is 6.27. The summed E-state index contributed by atoms with van der Waals surface area (Å²) >= 11 is 0. The highest BCUT2D eigenvalue weighted by molar-refractivity contribution is 6.04. The van der Waals surface area contributed by atoms with E-state index in [1.165, 1.54) is 19.2 Å². The first kappa shape index (κ1) is 26.9. The minimum atomic E-state index is -0.639. The summed E-state index contributed by atoms with van der Waals surface area (Å²) in [5, 5.41) is 2.59. The van der Waals surface area contributed by atoms with Crippen molar-refractivity contribution in [2.75, 3.05) is 19.0 Å². The summed E-state index contributed by atoms with van der Waals surface area (Å²) in [7, 11) is 1.37. The highest BCUT2D eigenvalue weighted by atomic mass is 19.1. The number of hydrogen-bond donors (Lipinski definition) is 1. The summed E-state index contributed by atoms with van der Waals surface area (Å²) in [5.41, 5.74) is 3.52. The van der Waals surface area contributed by atoms with Crippen LogP contribution in [0.5, 0.6) is 5.75 Å². The van der Waals surface area contributed by atoms with Gasteiger partial charge in [0.2, 0.25) is 0 Å². The van der Waals surface area contributed by atoms with Crippen molar-refractivity contribution >= 4 is 23.2 Å². The maximum absolute atomic E-state index is 14.5. The third kappa shape index (κ3) is 5.26. The van der Waals surface area contributed by atoms with E-state index < -0.39 is 11.7 Å². The fourth-order valence-corrected chi connectivity index (χ4v) is 5.20. The van der Waals surface area contributed by atoms with Crippen LogP contribution < -0.4 is 10.1 Å². The van der Waals surface area contributed by atoms with Gasteiger partial charge in [-0.15, -0.1) is 0 Å². The quantitative estimate of drug-likeness (QED) is 0.250. The summed E-state index contributed by atoms with van der Waals surface area (Å²) in [4.78, 5) is 36.9. The molecule has 2 amide bonds. The zero-order valence-corrected chi connectivity index (χ0v) is 22.9. The van der Waals surface area contributed by atoms with Gasteiger partial charge in [0.1, 0.15) is 12.4 Å². The van der Waals surface area contributed by atoms with Crippen molar-refractivity contribution < 1.29 is 23.5 Å². The van der Waals surface area contributed by atoms with Crippen LogP contribution >= 0.6 is 0 Å². The molecule has 42 heavy (non-hydrogen) atoms. The van der Waals surface area contributed by atoms with Gasteiger partial charge in [0.25, 0.3) is 5.91 Å². The molecule has 6 rings (SSSR count). The van der Waals surface area contributed by atoms with Crippen LogP contribution in [0.4, 0.5) is 14.9 Å². The molecule has 0 bridgehead atoms. The molecule has 212 valence electrons. The van der Waals surface area contributed by atoms with E-state index in [0.717, 1.165) is 29.5 Å². The van der Waals surface area contributed by atoms with E-state index >= 15 is 0 Å². The number of methoxy groups -OCH3 is 1. The Bertz CT molecular complexity index is 1740. The van der Waals surface area contributed by atoms with Crippen LogP contribution in [0.3, 0.4) is 0 Å². The first-order valence-electron chi connectivity index (χ1n) is 13.6. The number of halogens is 1. The third-order valence-electron chi connectivity index (χ3n) is 7.32. The third-order valence-corrected chi connectivity index (χ3v) is 7.32. The summed E-state index contributed by atoms with van der Waals surface area (Å²) in [5.74, 6) is -0.336. The Morgan fingerprint density at radius 2 is 1.86 bits per heavy atom. The van der Waals surface area contributed by atoms with Gasteiger partial charge in [-0.1, -0.05) is 48.5 Å².